The maximum Gasteiger partial charge on any atom is 0.221 e. The first-order valence-corrected chi connectivity index (χ1v) is 5.70. The van der Waals surface area contributed by atoms with Crippen molar-refractivity contribution < 1.29 is 0 Å². The van der Waals surface area contributed by atoms with E-state index in [1.165, 1.54) is 12.8 Å². The first-order chi connectivity index (χ1) is 7.66. The monoisotopic (exact) mass is 221 g/mol. The molecule has 1 heterocycles. The molecule has 0 amide bonds. The summed E-state index contributed by atoms with van der Waals surface area (Å²) < 4.78 is 0. The van der Waals surface area contributed by atoms with E-state index in [9.17, 15) is 0 Å². The van der Waals surface area contributed by atoms with Gasteiger partial charge in [-0.25, -0.2) is 4.98 Å². The third kappa shape index (κ3) is 2.82. The molecule has 16 heavy (non-hydrogen) atoms. The van der Waals surface area contributed by atoms with Crippen molar-refractivity contribution in [1.29, 1.82) is 0 Å². The summed E-state index contributed by atoms with van der Waals surface area (Å²) in [5, 5.41) is 3.29. The van der Waals surface area contributed by atoms with Gasteiger partial charge in [0.25, 0.3) is 0 Å². The van der Waals surface area contributed by atoms with Crippen molar-refractivity contribution in [2.24, 2.45) is 0 Å². The van der Waals surface area contributed by atoms with Gasteiger partial charge in [-0.05, 0) is 26.8 Å². The molecule has 1 aromatic heterocycles. The average molecular weight is 221 g/mol. The second-order valence-electron chi connectivity index (χ2n) is 4.40. The zero-order valence-corrected chi connectivity index (χ0v) is 9.90. The van der Waals surface area contributed by atoms with Crippen LogP contribution in [0.1, 0.15) is 18.4 Å². The smallest absolute Gasteiger partial charge is 0.221 e. The lowest BCUT2D eigenvalue weighted by Gasteiger charge is -2.16. The molecule has 5 heteroatoms. The molecule has 1 aromatic rings. The van der Waals surface area contributed by atoms with Crippen LogP contribution in [0, 0.1) is 6.92 Å². The highest BCUT2D eigenvalue weighted by Gasteiger charge is 2.25. The number of anilines is 2. The van der Waals surface area contributed by atoms with Gasteiger partial charge in [0.15, 0.2) is 0 Å². The molecular weight excluding hydrogens is 202 g/mol. The number of nitrogens with two attached hydrogens (primary N) is 1. The Balaban J connectivity index is 1.81. The maximum absolute atomic E-state index is 5.54. The molecule has 0 aromatic carbocycles. The fraction of sp³-hybridized carbons (Fsp3) is 0.636. The molecule has 0 aliphatic heterocycles. The van der Waals surface area contributed by atoms with E-state index in [1.807, 2.05) is 6.92 Å². The van der Waals surface area contributed by atoms with Crippen molar-refractivity contribution >= 4 is 11.8 Å². The number of rotatable bonds is 5. The number of nitrogen functional groups attached to an aromatic ring is 1. The quantitative estimate of drug-likeness (QED) is 0.772. The summed E-state index contributed by atoms with van der Waals surface area (Å²) in [6.07, 6.45) is 4.43. The molecule has 5 nitrogen and oxygen atoms in total. The second kappa shape index (κ2) is 4.65. The minimum atomic E-state index is 0.323. The molecule has 1 saturated carbocycles. The van der Waals surface area contributed by atoms with Crippen LogP contribution in [0.4, 0.5) is 11.8 Å². The fourth-order valence-electron chi connectivity index (χ4n) is 1.68. The van der Waals surface area contributed by atoms with Crippen molar-refractivity contribution in [3.8, 4) is 0 Å². The Morgan fingerprint density at radius 3 is 3.00 bits per heavy atom. The van der Waals surface area contributed by atoms with Gasteiger partial charge < -0.3 is 16.0 Å². The van der Waals surface area contributed by atoms with E-state index in [-0.39, 0.29) is 0 Å². The van der Waals surface area contributed by atoms with E-state index in [0.29, 0.717) is 5.95 Å². The van der Waals surface area contributed by atoms with Crippen LogP contribution in [0.15, 0.2) is 6.20 Å². The van der Waals surface area contributed by atoms with Gasteiger partial charge >= 0.3 is 0 Å². The Morgan fingerprint density at radius 2 is 2.31 bits per heavy atom. The second-order valence-corrected chi connectivity index (χ2v) is 4.40. The molecule has 2 rings (SSSR count). The van der Waals surface area contributed by atoms with Crippen LogP contribution in [0.2, 0.25) is 0 Å². The van der Waals surface area contributed by atoms with E-state index in [1.54, 1.807) is 6.20 Å². The molecule has 0 radical (unpaired) electrons. The molecule has 0 saturated heterocycles. The zero-order chi connectivity index (χ0) is 11.5. The van der Waals surface area contributed by atoms with Gasteiger partial charge in [-0.2, -0.15) is 4.98 Å². The largest absolute Gasteiger partial charge is 0.368 e. The Bertz CT molecular complexity index is 361. The highest BCUT2D eigenvalue weighted by molar-refractivity contribution is 5.44. The van der Waals surface area contributed by atoms with Gasteiger partial charge in [0.2, 0.25) is 5.95 Å². The van der Waals surface area contributed by atoms with Crippen LogP contribution in [-0.4, -0.2) is 41.0 Å². The molecule has 3 N–H and O–H groups in total. The van der Waals surface area contributed by atoms with E-state index in [2.05, 4.69) is 27.2 Å². The van der Waals surface area contributed by atoms with E-state index in [0.717, 1.165) is 30.5 Å². The normalized spacial score (nSPS) is 15.4. The van der Waals surface area contributed by atoms with Gasteiger partial charge in [-0.15, -0.1) is 0 Å². The van der Waals surface area contributed by atoms with Crippen LogP contribution >= 0.6 is 0 Å². The highest BCUT2D eigenvalue weighted by atomic mass is 15.2. The van der Waals surface area contributed by atoms with Gasteiger partial charge in [-0.3, -0.25) is 0 Å². The lowest BCUT2D eigenvalue weighted by molar-refractivity contribution is 0.337. The number of aryl methyl sites for hydroxylation is 1. The molecule has 0 unspecified atom stereocenters. The summed E-state index contributed by atoms with van der Waals surface area (Å²) in [7, 11) is 2.17. The Labute approximate surface area is 96.1 Å². The van der Waals surface area contributed by atoms with Crippen LogP contribution in [0.5, 0.6) is 0 Å². The van der Waals surface area contributed by atoms with Crippen molar-refractivity contribution in [2.75, 3.05) is 31.2 Å². The molecular formula is C11H19N5. The fourth-order valence-corrected chi connectivity index (χ4v) is 1.68. The molecule has 1 fully saturated rings. The molecule has 1 aliphatic carbocycles. The molecule has 0 spiro atoms. The van der Waals surface area contributed by atoms with Crippen molar-refractivity contribution in [3.05, 3.63) is 11.8 Å². The number of nitrogens with zero attached hydrogens (tertiary/aromatic N) is 3. The third-order valence-corrected chi connectivity index (χ3v) is 2.92. The van der Waals surface area contributed by atoms with Crippen LogP contribution in [-0.2, 0) is 0 Å². The number of hydrogen-bond acceptors (Lipinski definition) is 5. The topological polar surface area (TPSA) is 67.1 Å². The summed E-state index contributed by atoms with van der Waals surface area (Å²) in [5.41, 5.74) is 6.58. The Morgan fingerprint density at radius 1 is 1.56 bits per heavy atom. The Hall–Kier alpha value is -1.36. The first kappa shape index (κ1) is 11.1. The van der Waals surface area contributed by atoms with Crippen molar-refractivity contribution in [2.45, 2.75) is 25.8 Å². The lowest BCUT2D eigenvalue weighted by atomic mass is 10.3. The van der Waals surface area contributed by atoms with Gasteiger partial charge in [-0.1, -0.05) is 0 Å². The van der Waals surface area contributed by atoms with E-state index >= 15 is 0 Å². The summed E-state index contributed by atoms with van der Waals surface area (Å²) in [6.45, 7) is 3.91. The summed E-state index contributed by atoms with van der Waals surface area (Å²) in [4.78, 5) is 10.5. The van der Waals surface area contributed by atoms with Crippen LogP contribution in [0.3, 0.4) is 0 Å². The minimum absolute atomic E-state index is 0.323. The zero-order valence-electron chi connectivity index (χ0n) is 9.90. The summed E-state index contributed by atoms with van der Waals surface area (Å²) in [5.74, 6) is 1.17. The predicted molar refractivity (Wildman–Crippen MR) is 65.3 cm³/mol. The first-order valence-electron chi connectivity index (χ1n) is 5.70. The van der Waals surface area contributed by atoms with E-state index in [4.69, 9.17) is 5.73 Å². The Kier molecular flexibility index (Phi) is 3.24. The third-order valence-electron chi connectivity index (χ3n) is 2.92. The molecule has 1 aliphatic rings. The standard InChI is InChI=1S/C11H19N5/c1-8-7-14-11(12)15-10(8)13-5-6-16(2)9-3-4-9/h7,9H,3-6H2,1-2H3,(H3,12,13,14,15). The number of likely N-dealkylation sites (N-methyl/N-ethyl adjacent to an activating group) is 1. The lowest BCUT2D eigenvalue weighted by Crippen LogP contribution is -2.27. The highest BCUT2D eigenvalue weighted by Crippen LogP contribution is 2.24. The number of hydrogen-bond donors (Lipinski definition) is 2. The van der Waals surface area contributed by atoms with E-state index < -0.39 is 0 Å². The molecule has 0 atom stereocenters. The van der Waals surface area contributed by atoms with Gasteiger partial charge in [0, 0.05) is 30.9 Å². The van der Waals surface area contributed by atoms with Crippen LogP contribution in [0.25, 0.3) is 0 Å². The summed E-state index contributed by atoms with van der Waals surface area (Å²) in [6, 6.07) is 0.804. The maximum atomic E-state index is 5.54. The number of aromatic nitrogens is 2. The predicted octanol–water partition coefficient (Wildman–Crippen LogP) is 0.873. The minimum Gasteiger partial charge on any atom is -0.368 e. The SMILES string of the molecule is Cc1cnc(N)nc1NCCN(C)C1CC1. The van der Waals surface area contributed by atoms with Gasteiger partial charge in [0.05, 0.1) is 0 Å². The molecule has 88 valence electrons. The number of nitrogens with one attached hydrogen (secondary N) is 1. The summed E-state index contributed by atoms with van der Waals surface area (Å²) >= 11 is 0. The van der Waals surface area contributed by atoms with Crippen LogP contribution < -0.4 is 11.1 Å². The average Bonchev–Trinajstić information content (AvgIpc) is 3.06. The van der Waals surface area contributed by atoms with Crippen molar-refractivity contribution in [3.63, 3.8) is 0 Å². The van der Waals surface area contributed by atoms with Gasteiger partial charge in [0.1, 0.15) is 5.82 Å². The van der Waals surface area contributed by atoms with Crippen molar-refractivity contribution in [1.82, 2.24) is 14.9 Å². The molecule has 0 bridgehead atoms.